The van der Waals surface area contributed by atoms with Crippen molar-refractivity contribution < 1.29 is 4.79 Å². The number of hydrogen-bond donors (Lipinski definition) is 1. The molecule has 21 heavy (non-hydrogen) atoms. The van der Waals surface area contributed by atoms with Gasteiger partial charge in [0.2, 0.25) is 5.91 Å². The molecule has 1 heterocycles. The molecular weight excluding hydrogens is 260 g/mol. The van der Waals surface area contributed by atoms with E-state index in [9.17, 15) is 4.79 Å². The molecule has 0 saturated carbocycles. The smallest absolute Gasteiger partial charge is 0.232 e. The summed E-state index contributed by atoms with van der Waals surface area (Å²) in [6.45, 7) is 9.85. The average molecular weight is 288 g/mol. The highest BCUT2D eigenvalue weighted by Crippen LogP contribution is 2.30. The third-order valence-corrected chi connectivity index (χ3v) is 4.84. The van der Waals surface area contributed by atoms with Gasteiger partial charge < -0.3 is 10.6 Å². The molecular formula is C18H28N2O. The van der Waals surface area contributed by atoms with Crippen LogP contribution in [0.15, 0.2) is 24.3 Å². The zero-order chi connectivity index (χ0) is 15.6. The lowest BCUT2D eigenvalue weighted by Crippen LogP contribution is -2.50. The third-order valence-electron chi connectivity index (χ3n) is 4.84. The molecule has 0 aromatic heterocycles. The minimum Gasteiger partial charge on any atom is -0.342 e. The molecule has 1 saturated heterocycles. The van der Waals surface area contributed by atoms with Crippen LogP contribution in [0.3, 0.4) is 0 Å². The van der Waals surface area contributed by atoms with Gasteiger partial charge >= 0.3 is 0 Å². The lowest BCUT2D eigenvalue weighted by molar-refractivity contribution is -0.138. The Kier molecular flexibility index (Phi) is 4.72. The zero-order valence-electron chi connectivity index (χ0n) is 13.7. The first-order chi connectivity index (χ1) is 9.84. The molecule has 0 aliphatic carbocycles. The van der Waals surface area contributed by atoms with Crippen LogP contribution in [-0.2, 0) is 10.2 Å². The normalized spacial score (nSPS) is 21.2. The molecule has 2 atom stereocenters. The van der Waals surface area contributed by atoms with Gasteiger partial charge in [0.25, 0.3) is 0 Å². The molecule has 1 aliphatic rings. The fourth-order valence-electron chi connectivity index (χ4n) is 3.41. The van der Waals surface area contributed by atoms with E-state index in [1.807, 2.05) is 37.8 Å². The molecule has 1 aliphatic heterocycles. The second-order valence-corrected chi connectivity index (χ2v) is 6.95. The van der Waals surface area contributed by atoms with Crippen molar-refractivity contribution >= 4 is 5.91 Å². The molecule has 1 fully saturated rings. The van der Waals surface area contributed by atoms with Crippen LogP contribution < -0.4 is 5.73 Å². The van der Waals surface area contributed by atoms with Crippen molar-refractivity contribution in [3.8, 4) is 0 Å². The number of piperidine rings is 1. The number of likely N-dealkylation sites (tertiary alicyclic amines) is 1. The van der Waals surface area contributed by atoms with Gasteiger partial charge in [-0.1, -0.05) is 24.3 Å². The van der Waals surface area contributed by atoms with E-state index in [1.54, 1.807) is 0 Å². The van der Waals surface area contributed by atoms with E-state index in [1.165, 1.54) is 5.56 Å². The van der Waals surface area contributed by atoms with Crippen molar-refractivity contribution in [2.45, 2.75) is 52.0 Å². The molecule has 1 aromatic carbocycles. The minimum atomic E-state index is -0.481. The van der Waals surface area contributed by atoms with Crippen LogP contribution in [-0.4, -0.2) is 29.9 Å². The summed E-state index contributed by atoms with van der Waals surface area (Å²) in [5.74, 6) is 0.650. The number of nitrogens with two attached hydrogens (primary N) is 1. The monoisotopic (exact) mass is 288 g/mol. The SMILES string of the molecule is Cc1ccccc1C(C)(C)C(=O)N1CCC[C@@H]([C@@H](C)N)C1. The van der Waals surface area contributed by atoms with Gasteiger partial charge in [-0.25, -0.2) is 0 Å². The van der Waals surface area contributed by atoms with Crippen molar-refractivity contribution in [1.82, 2.24) is 4.90 Å². The molecule has 1 amide bonds. The average Bonchev–Trinajstić information content (AvgIpc) is 2.46. The first-order valence-corrected chi connectivity index (χ1v) is 7.95. The van der Waals surface area contributed by atoms with E-state index in [4.69, 9.17) is 5.73 Å². The lowest BCUT2D eigenvalue weighted by atomic mass is 9.79. The van der Waals surface area contributed by atoms with Crippen LogP contribution in [0.4, 0.5) is 0 Å². The van der Waals surface area contributed by atoms with Gasteiger partial charge in [0, 0.05) is 19.1 Å². The van der Waals surface area contributed by atoms with Crippen LogP contribution in [0, 0.1) is 12.8 Å². The van der Waals surface area contributed by atoms with E-state index >= 15 is 0 Å². The van der Waals surface area contributed by atoms with Gasteiger partial charge in [-0.05, 0) is 57.6 Å². The van der Waals surface area contributed by atoms with Crippen LogP contribution >= 0.6 is 0 Å². The topological polar surface area (TPSA) is 46.3 Å². The Bertz CT molecular complexity index is 508. The third kappa shape index (κ3) is 3.29. The van der Waals surface area contributed by atoms with Crippen molar-refractivity contribution in [1.29, 1.82) is 0 Å². The predicted octanol–water partition coefficient (Wildman–Crippen LogP) is 2.86. The Morgan fingerprint density at radius 1 is 1.38 bits per heavy atom. The van der Waals surface area contributed by atoms with E-state index < -0.39 is 5.41 Å². The van der Waals surface area contributed by atoms with Gasteiger partial charge in [0.1, 0.15) is 0 Å². The van der Waals surface area contributed by atoms with E-state index in [-0.39, 0.29) is 11.9 Å². The number of carbonyl (C=O) groups excluding carboxylic acids is 1. The number of rotatable bonds is 3. The van der Waals surface area contributed by atoms with Crippen LogP contribution in [0.2, 0.25) is 0 Å². The van der Waals surface area contributed by atoms with E-state index in [0.29, 0.717) is 5.92 Å². The van der Waals surface area contributed by atoms with Crippen molar-refractivity contribution in [2.75, 3.05) is 13.1 Å². The number of amides is 1. The van der Waals surface area contributed by atoms with Gasteiger partial charge in [-0.3, -0.25) is 4.79 Å². The highest BCUT2D eigenvalue weighted by atomic mass is 16.2. The lowest BCUT2D eigenvalue weighted by Gasteiger charge is -2.39. The Morgan fingerprint density at radius 2 is 2.05 bits per heavy atom. The summed E-state index contributed by atoms with van der Waals surface area (Å²) >= 11 is 0. The van der Waals surface area contributed by atoms with Crippen LogP contribution in [0.25, 0.3) is 0 Å². The minimum absolute atomic E-state index is 0.155. The summed E-state index contributed by atoms with van der Waals surface area (Å²) in [4.78, 5) is 15.0. The highest BCUT2D eigenvalue weighted by molar-refractivity contribution is 5.87. The molecule has 0 unspecified atom stereocenters. The molecule has 1 aromatic rings. The largest absolute Gasteiger partial charge is 0.342 e. The molecule has 2 rings (SSSR count). The number of aryl methyl sites for hydroxylation is 1. The summed E-state index contributed by atoms with van der Waals surface area (Å²) in [7, 11) is 0. The quantitative estimate of drug-likeness (QED) is 0.929. The van der Waals surface area contributed by atoms with Crippen LogP contribution in [0.1, 0.15) is 44.7 Å². The maximum atomic E-state index is 13.0. The second-order valence-electron chi connectivity index (χ2n) is 6.95. The first-order valence-electron chi connectivity index (χ1n) is 7.95. The Balaban J connectivity index is 2.20. The van der Waals surface area contributed by atoms with Crippen molar-refractivity contribution in [3.05, 3.63) is 35.4 Å². The standard InChI is InChI=1S/C18H28N2O/c1-13-8-5-6-10-16(13)18(3,4)17(21)20-11-7-9-15(12-20)14(2)19/h5-6,8,10,14-15H,7,9,11-12,19H2,1-4H3/t14-,15-/m1/s1. The predicted molar refractivity (Wildman–Crippen MR) is 87.2 cm³/mol. The van der Waals surface area contributed by atoms with Gasteiger partial charge in [-0.2, -0.15) is 0 Å². The van der Waals surface area contributed by atoms with Gasteiger partial charge in [0.05, 0.1) is 5.41 Å². The molecule has 0 spiro atoms. The summed E-state index contributed by atoms with van der Waals surface area (Å²) in [5.41, 5.74) is 7.86. The van der Waals surface area contributed by atoms with E-state index in [0.717, 1.165) is 31.5 Å². The maximum absolute atomic E-state index is 13.0. The summed E-state index contributed by atoms with van der Waals surface area (Å²) in [6, 6.07) is 8.33. The number of benzene rings is 1. The summed E-state index contributed by atoms with van der Waals surface area (Å²) < 4.78 is 0. The fourth-order valence-corrected chi connectivity index (χ4v) is 3.41. The van der Waals surface area contributed by atoms with Crippen molar-refractivity contribution in [2.24, 2.45) is 11.7 Å². The summed E-state index contributed by atoms with van der Waals surface area (Å²) in [6.07, 6.45) is 2.19. The maximum Gasteiger partial charge on any atom is 0.232 e. The Labute approximate surface area is 128 Å². The summed E-state index contributed by atoms with van der Waals surface area (Å²) in [5, 5.41) is 0. The molecule has 0 radical (unpaired) electrons. The first kappa shape index (κ1) is 16.0. The molecule has 0 bridgehead atoms. The molecule has 2 N–H and O–H groups in total. The van der Waals surface area contributed by atoms with Crippen LogP contribution in [0.5, 0.6) is 0 Å². The van der Waals surface area contributed by atoms with E-state index in [2.05, 4.69) is 19.1 Å². The molecule has 3 heteroatoms. The molecule has 116 valence electrons. The van der Waals surface area contributed by atoms with Gasteiger partial charge in [0.15, 0.2) is 0 Å². The molecule has 3 nitrogen and oxygen atoms in total. The highest BCUT2D eigenvalue weighted by Gasteiger charge is 2.37. The second kappa shape index (κ2) is 6.18. The van der Waals surface area contributed by atoms with Crippen molar-refractivity contribution in [3.63, 3.8) is 0 Å². The Hall–Kier alpha value is -1.35. The number of nitrogens with zero attached hydrogens (tertiary/aromatic N) is 1. The Morgan fingerprint density at radius 3 is 2.67 bits per heavy atom. The number of hydrogen-bond acceptors (Lipinski definition) is 2. The fraction of sp³-hybridized carbons (Fsp3) is 0.611. The van der Waals surface area contributed by atoms with Gasteiger partial charge in [-0.15, -0.1) is 0 Å². The zero-order valence-corrected chi connectivity index (χ0v) is 13.7. The number of carbonyl (C=O) groups is 1.